The van der Waals surface area contributed by atoms with Crippen LogP contribution in [-0.2, 0) is 19.1 Å². The summed E-state index contributed by atoms with van der Waals surface area (Å²) in [6.07, 6.45) is -6.15. The molecule has 1 aliphatic heterocycles. The lowest BCUT2D eigenvalue weighted by atomic mass is 9.95. The summed E-state index contributed by atoms with van der Waals surface area (Å²) < 4.78 is 5.31. The van der Waals surface area contributed by atoms with E-state index in [1.54, 1.807) is 0 Å². The normalized spacial score (nSPS) is 31.2. The molecule has 8 N–H and O–H groups in total. The number of carboxylic acids is 1. The summed E-state index contributed by atoms with van der Waals surface area (Å²) in [7, 11) is 0. The van der Waals surface area contributed by atoms with Gasteiger partial charge in [0.15, 0.2) is 0 Å². The van der Waals surface area contributed by atoms with Gasteiger partial charge in [0.05, 0.1) is 24.8 Å². The molecule has 1 aliphatic rings. The van der Waals surface area contributed by atoms with Crippen molar-refractivity contribution in [2.45, 2.75) is 43.0 Å². The van der Waals surface area contributed by atoms with Crippen molar-refractivity contribution < 1.29 is 39.5 Å². The minimum absolute atomic E-state index is 0.223. The van der Waals surface area contributed by atoms with E-state index >= 15 is 0 Å². The summed E-state index contributed by atoms with van der Waals surface area (Å²) in [5.74, 6) is -3.12. The van der Waals surface area contributed by atoms with E-state index in [0.717, 1.165) is 0 Å². The second kappa shape index (κ2) is 9.15. The van der Waals surface area contributed by atoms with Gasteiger partial charge in [0.1, 0.15) is 30.6 Å². The molecule has 11 nitrogen and oxygen atoms in total. The topological polar surface area (TPSA) is 191 Å². The molecule has 0 spiro atoms. The molecular weight excluding hydrogens is 346 g/mol. The Bertz CT molecular complexity index is 479. The van der Waals surface area contributed by atoms with E-state index in [1.807, 2.05) is 0 Å². The van der Waals surface area contributed by atoms with Gasteiger partial charge in [-0.3, -0.25) is 19.7 Å². The van der Waals surface area contributed by atoms with E-state index in [2.05, 4.69) is 23.3 Å². The van der Waals surface area contributed by atoms with Gasteiger partial charge in [-0.05, 0) is 0 Å². The molecule has 1 unspecified atom stereocenters. The van der Waals surface area contributed by atoms with Crippen LogP contribution in [0.15, 0.2) is 0 Å². The zero-order chi connectivity index (χ0) is 18.4. The third kappa shape index (κ3) is 5.29. The van der Waals surface area contributed by atoms with E-state index in [-0.39, 0.29) is 5.75 Å². The fourth-order valence-electron chi connectivity index (χ4n) is 2.27. The Morgan fingerprint density at radius 1 is 1.25 bits per heavy atom. The number of nitrogens with two attached hydrogens (primary N) is 1. The molecule has 1 rings (SSSR count). The van der Waals surface area contributed by atoms with Gasteiger partial charge < -0.3 is 36.2 Å². The number of hydrogen-bond acceptors (Lipinski definition) is 9. The second-order valence-corrected chi connectivity index (χ2v) is 5.55. The van der Waals surface area contributed by atoms with Crippen LogP contribution in [0.25, 0.3) is 0 Å². The molecule has 0 bridgehead atoms. The molecule has 1 saturated heterocycles. The van der Waals surface area contributed by atoms with Gasteiger partial charge >= 0.3 is 5.97 Å². The maximum Gasteiger partial charge on any atom is 0.321 e. The van der Waals surface area contributed by atoms with Gasteiger partial charge in [-0.25, -0.2) is 0 Å². The highest BCUT2D eigenvalue weighted by Gasteiger charge is 2.46. The van der Waals surface area contributed by atoms with Gasteiger partial charge in [0.2, 0.25) is 11.8 Å². The van der Waals surface area contributed by atoms with Crippen LogP contribution in [0.5, 0.6) is 0 Å². The number of aliphatic carboxylic acids is 1. The molecule has 6 atom stereocenters. The minimum Gasteiger partial charge on any atom is -0.480 e. The van der Waals surface area contributed by atoms with Crippen LogP contribution in [0.4, 0.5) is 0 Å². The van der Waals surface area contributed by atoms with Crippen LogP contribution in [0.1, 0.15) is 6.42 Å². The smallest absolute Gasteiger partial charge is 0.321 e. The van der Waals surface area contributed by atoms with E-state index in [9.17, 15) is 29.7 Å². The van der Waals surface area contributed by atoms with Crippen molar-refractivity contribution in [3.05, 3.63) is 0 Å². The van der Waals surface area contributed by atoms with E-state index in [1.165, 1.54) is 0 Å². The van der Waals surface area contributed by atoms with Crippen molar-refractivity contribution in [1.82, 2.24) is 10.6 Å². The molecule has 1 heterocycles. The molecule has 0 saturated carbocycles. The molecule has 24 heavy (non-hydrogen) atoms. The number of rotatable bonds is 8. The van der Waals surface area contributed by atoms with E-state index in [4.69, 9.17) is 15.6 Å². The van der Waals surface area contributed by atoms with Gasteiger partial charge in [0, 0.05) is 0 Å². The van der Waals surface area contributed by atoms with Crippen molar-refractivity contribution in [2.75, 3.05) is 12.4 Å². The summed E-state index contributed by atoms with van der Waals surface area (Å²) in [6.45, 7) is -0.656. The van der Waals surface area contributed by atoms with Crippen molar-refractivity contribution in [1.29, 1.82) is 0 Å². The van der Waals surface area contributed by atoms with Gasteiger partial charge in [-0.1, -0.05) is 0 Å². The number of nitrogens with one attached hydrogen (secondary N) is 2. The lowest BCUT2D eigenvalue weighted by Gasteiger charge is -2.43. The third-order valence-electron chi connectivity index (χ3n) is 3.47. The van der Waals surface area contributed by atoms with Gasteiger partial charge in [-0.2, -0.15) is 12.6 Å². The van der Waals surface area contributed by atoms with Crippen molar-refractivity contribution >= 4 is 30.4 Å². The molecule has 2 amide bonds. The molecular formula is C12H21N3O8S. The highest BCUT2D eigenvalue weighted by Crippen LogP contribution is 2.20. The fraction of sp³-hybridized carbons (Fsp3) is 0.750. The highest BCUT2D eigenvalue weighted by molar-refractivity contribution is 7.81. The fourth-order valence-corrected chi connectivity index (χ4v) is 2.36. The van der Waals surface area contributed by atoms with E-state index < -0.39 is 67.4 Å². The van der Waals surface area contributed by atoms with Crippen LogP contribution >= 0.6 is 12.6 Å². The number of carboxylic acid groups (broad SMARTS) is 1. The first-order valence-electron chi connectivity index (χ1n) is 7.01. The molecule has 0 aromatic rings. The number of amides is 2. The third-order valence-corrected chi connectivity index (χ3v) is 3.75. The van der Waals surface area contributed by atoms with E-state index in [0.29, 0.717) is 0 Å². The Morgan fingerprint density at radius 2 is 1.88 bits per heavy atom. The van der Waals surface area contributed by atoms with Crippen LogP contribution in [-0.4, -0.2) is 87.2 Å². The number of hydrogen-bond donors (Lipinski definition) is 8. The lowest BCUT2D eigenvalue weighted by Crippen LogP contribution is -2.69. The lowest BCUT2D eigenvalue weighted by molar-refractivity contribution is -0.205. The SMILES string of the molecule is NC(=O)C[C@H](NC1O[C@H](CO)[C@@H](O)[C@H](O)[C@H]1NC(=O)CS)C(=O)O. The molecule has 0 radical (unpaired) electrons. The number of aliphatic hydroxyl groups is 3. The second-order valence-electron chi connectivity index (χ2n) is 5.24. The number of thiol groups is 1. The Labute approximate surface area is 142 Å². The summed E-state index contributed by atoms with van der Waals surface area (Å²) in [5.41, 5.74) is 4.98. The quantitative estimate of drug-likeness (QED) is 0.196. The average molecular weight is 367 g/mol. The van der Waals surface area contributed by atoms with Gasteiger partial charge in [0.25, 0.3) is 0 Å². The number of carbonyl (C=O) groups is 3. The Morgan fingerprint density at radius 3 is 2.33 bits per heavy atom. The van der Waals surface area contributed by atoms with Crippen molar-refractivity contribution in [3.63, 3.8) is 0 Å². The Kier molecular flexibility index (Phi) is 7.86. The highest BCUT2D eigenvalue weighted by atomic mass is 32.1. The zero-order valence-corrected chi connectivity index (χ0v) is 13.4. The first-order valence-corrected chi connectivity index (χ1v) is 7.64. The largest absolute Gasteiger partial charge is 0.480 e. The van der Waals surface area contributed by atoms with Crippen LogP contribution in [0.2, 0.25) is 0 Å². The summed E-state index contributed by atoms with van der Waals surface area (Å²) >= 11 is 3.77. The van der Waals surface area contributed by atoms with Crippen molar-refractivity contribution in [3.8, 4) is 0 Å². The number of ether oxygens (including phenoxy) is 1. The molecule has 138 valence electrons. The molecule has 12 heteroatoms. The van der Waals surface area contributed by atoms with Gasteiger partial charge in [-0.15, -0.1) is 0 Å². The first-order chi connectivity index (χ1) is 11.2. The minimum atomic E-state index is -1.56. The number of primary amides is 1. The first kappa shape index (κ1) is 20.6. The Balaban J connectivity index is 2.99. The summed E-state index contributed by atoms with van der Waals surface area (Å²) in [6, 6.07) is -2.69. The molecule has 0 aliphatic carbocycles. The standard InChI is InChI=1S/C12H21N3O8S/c13-6(17)1-4(12(21)22)14-11-8(15-7(18)3-24)10(20)9(19)5(2-16)23-11/h4-5,8-11,14,16,19-20,24H,1-3H2,(H2,13,17)(H,15,18)(H,21,22)/t4-,5+,8+,9+,10+,11?/m0/s1. The maximum absolute atomic E-state index is 11.5. The average Bonchev–Trinajstić information content (AvgIpc) is 2.52. The predicted octanol–water partition coefficient (Wildman–Crippen LogP) is -4.24. The molecule has 0 aromatic carbocycles. The maximum atomic E-state index is 11.5. The summed E-state index contributed by atoms with van der Waals surface area (Å²) in [4.78, 5) is 33.7. The van der Waals surface area contributed by atoms with Crippen LogP contribution in [0.3, 0.4) is 0 Å². The van der Waals surface area contributed by atoms with Crippen molar-refractivity contribution in [2.24, 2.45) is 5.73 Å². The number of aliphatic hydroxyl groups excluding tert-OH is 3. The van der Waals surface area contributed by atoms with Crippen LogP contribution in [0, 0.1) is 0 Å². The Hall–Kier alpha value is -1.44. The molecule has 1 fully saturated rings. The monoisotopic (exact) mass is 367 g/mol. The predicted molar refractivity (Wildman–Crippen MR) is 81.9 cm³/mol. The number of carbonyl (C=O) groups excluding carboxylic acids is 2. The zero-order valence-electron chi connectivity index (χ0n) is 12.5. The summed E-state index contributed by atoms with van der Waals surface area (Å²) in [5, 5.41) is 43.1. The molecule has 0 aromatic heterocycles. The van der Waals surface area contributed by atoms with Crippen LogP contribution < -0.4 is 16.4 Å².